The maximum absolute atomic E-state index is 12.2. The van der Waals surface area contributed by atoms with Gasteiger partial charge in [-0.05, 0) is 30.9 Å². The molecule has 19 heavy (non-hydrogen) atoms. The second kappa shape index (κ2) is 5.98. The Hall–Kier alpha value is -0.980. The van der Waals surface area contributed by atoms with Crippen LogP contribution in [-0.4, -0.2) is 29.0 Å². The summed E-state index contributed by atoms with van der Waals surface area (Å²) in [6, 6.07) is 3.24. The fourth-order valence-corrected chi connectivity index (χ4v) is 3.17. The average Bonchev–Trinajstić information content (AvgIpc) is 3.22. The molecule has 0 aromatic heterocycles. The van der Waals surface area contributed by atoms with Crippen LogP contribution in [0.5, 0.6) is 17.2 Å². The van der Waals surface area contributed by atoms with Crippen LogP contribution < -0.4 is 9.47 Å². The SMILES string of the molecule is COc1ccc(C(=O)CC(I)C2CC2)c(O)c1OC. The van der Waals surface area contributed by atoms with Crippen LogP contribution in [0.1, 0.15) is 29.6 Å². The Balaban J connectivity index is 2.21. The van der Waals surface area contributed by atoms with E-state index in [0.717, 1.165) is 0 Å². The lowest BCUT2D eigenvalue weighted by Crippen LogP contribution is -2.10. The number of Topliss-reactive ketones (excluding diaryl/α,β-unsaturated/α-hetero) is 1. The van der Waals surface area contributed by atoms with Gasteiger partial charge in [-0.3, -0.25) is 4.79 Å². The fourth-order valence-electron chi connectivity index (χ4n) is 2.05. The predicted octanol–water partition coefficient (Wildman–Crippen LogP) is 3.20. The number of ketones is 1. The van der Waals surface area contributed by atoms with Crippen LogP contribution in [0.4, 0.5) is 0 Å². The maximum atomic E-state index is 12.2. The molecule has 1 saturated carbocycles. The number of phenols is 1. The molecule has 4 nitrogen and oxygen atoms in total. The van der Waals surface area contributed by atoms with E-state index in [9.17, 15) is 9.90 Å². The number of methoxy groups -OCH3 is 2. The number of carbonyl (C=O) groups is 1. The van der Waals surface area contributed by atoms with Gasteiger partial charge in [0.1, 0.15) is 0 Å². The van der Waals surface area contributed by atoms with E-state index in [4.69, 9.17) is 9.47 Å². The Kier molecular flexibility index (Phi) is 4.54. The lowest BCUT2D eigenvalue weighted by molar-refractivity contribution is 0.0978. The Labute approximate surface area is 126 Å². The minimum atomic E-state index is -0.133. The van der Waals surface area contributed by atoms with Gasteiger partial charge < -0.3 is 14.6 Å². The summed E-state index contributed by atoms with van der Waals surface area (Å²) in [7, 11) is 2.93. The van der Waals surface area contributed by atoms with Crippen LogP contribution in [-0.2, 0) is 0 Å². The van der Waals surface area contributed by atoms with Crippen LogP contribution >= 0.6 is 22.6 Å². The first-order chi connectivity index (χ1) is 9.08. The molecular formula is C14H17IO4. The number of alkyl halides is 1. The summed E-state index contributed by atoms with van der Waals surface area (Å²) in [6.45, 7) is 0. The molecule has 5 heteroatoms. The number of hydrogen-bond donors (Lipinski definition) is 1. The third-order valence-electron chi connectivity index (χ3n) is 3.33. The summed E-state index contributed by atoms with van der Waals surface area (Å²) in [4.78, 5) is 12.2. The van der Waals surface area contributed by atoms with Gasteiger partial charge in [0.05, 0.1) is 19.8 Å². The van der Waals surface area contributed by atoms with Crippen molar-refractivity contribution in [1.29, 1.82) is 0 Å². The highest BCUT2D eigenvalue weighted by Gasteiger charge is 2.31. The van der Waals surface area contributed by atoms with Crippen LogP contribution in [0.15, 0.2) is 12.1 Å². The van der Waals surface area contributed by atoms with E-state index >= 15 is 0 Å². The van der Waals surface area contributed by atoms with E-state index in [-0.39, 0.29) is 17.3 Å². The summed E-state index contributed by atoms with van der Waals surface area (Å²) in [6.07, 6.45) is 2.87. The second-order valence-corrected chi connectivity index (χ2v) is 6.28. The molecule has 1 aromatic carbocycles. The number of halogens is 1. The lowest BCUT2D eigenvalue weighted by Gasteiger charge is -2.13. The largest absolute Gasteiger partial charge is 0.504 e. The fraction of sp³-hybridized carbons (Fsp3) is 0.500. The highest BCUT2D eigenvalue weighted by Crippen LogP contribution is 2.42. The minimum Gasteiger partial charge on any atom is -0.504 e. The second-order valence-electron chi connectivity index (χ2n) is 4.68. The van der Waals surface area contributed by atoms with Crippen LogP contribution in [0, 0.1) is 5.92 Å². The van der Waals surface area contributed by atoms with Crippen LogP contribution in [0.3, 0.4) is 0 Å². The smallest absolute Gasteiger partial charge is 0.203 e. The molecule has 1 atom stereocenters. The van der Waals surface area contributed by atoms with Gasteiger partial charge in [0.15, 0.2) is 17.3 Å². The number of carbonyl (C=O) groups excluding carboxylic acids is 1. The van der Waals surface area contributed by atoms with Crippen molar-refractivity contribution in [3.63, 3.8) is 0 Å². The zero-order chi connectivity index (χ0) is 14.0. The van der Waals surface area contributed by atoms with Crippen molar-refractivity contribution in [1.82, 2.24) is 0 Å². The molecule has 0 bridgehead atoms. The van der Waals surface area contributed by atoms with E-state index in [1.165, 1.54) is 27.1 Å². The Morgan fingerprint density at radius 1 is 1.42 bits per heavy atom. The molecule has 1 aliphatic rings. The first-order valence-electron chi connectivity index (χ1n) is 6.19. The molecule has 104 valence electrons. The molecule has 0 saturated heterocycles. The predicted molar refractivity (Wildman–Crippen MR) is 80.7 cm³/mol. The molecule has 1 N–H and O–H groups in total. The van der Waals surface area contributed by atoms with E-state index < -0.39 is 0 Å². The number of hydrogen-bond acceptors (Lipinski definition) is 4. The van der Waals surface area contributed by atoms with Crippen LogP contribution in [0.25, 0.3) is 0 Å². The van der Waals surface area contributed by atoms with Gasteiger partial charge in [0.2, 0.25) is 5.75 Å². The number of rotatable bonds is 6. The summed E-state index contributed by atoms with van der Waals surface area (Å²) in [5.74, 6) is 1.11. The van der Waals surface area contributed by atoms with Crippen molar-refractivity contribution >= 4 is 28.4 Å². The van der Waals surface area contributed by atoms with Crippen molar-refractivity contribution in [3.8, 4) is 17.2 Å². The van der Waals surface area contributed by atoms with Gasteiger partial charge in [0.25, 0.3) is 0 Å². The van der Waals surface area contributed by atoms with Crippen LogP contribution in [0.2, 0.25) is 0 Å². The maximum Gasteiger partial charge on any atom is 0.203 e. The van der Waals surface area contributed by atoms with E-state index in [1.807, 2.05) is 0 Å². The summed E-state index contributed by atoms with van der Waals surface area (Å²) in [5.41, 5.74) is 0.306. The zero-order valence-corrected chi connectivity index (χ0v) is 13.1. The molecule has 1 unspecified atom stereocenters. The van der Waals surface area contributed by atoms with E-state index in [1.54, 1.807) is 12.1 Å². The quantitative estimate of drug-likeness (QED) is 0.471. The van der Waals surface area contributed by atoms with E-state index in [2.05, 4.69) is 22.6 Å². The lowest BCUT2D eigenvalue weighted by atomic mass is 10.0. The average molecular weight is 376 g/mol. The highest BCUT2D eigenvalue weighted by atomic mass is 127. The van der Waals surface area contributed by atoms with Gasteiger partial charge in [0, 0.05) is 10.3 Å². The van der Waals surface area contributed by atoms with Crippen molar-refractivity contribution in [2.24, 2.45) is 5.92 Å². The molecule has 0 amide bonds. The molecular weight excluding hydrogens is 359 g/mol. The first-order valence-corrected chi connectivity index (χ1v) is 7.44. The Morgan fingerprint density at radius 2 is 2.11 bits per heavy atom. The van der Waals surface area contributed by atoms with Gasteiger partial charge in [-0.2, -0.15) is 0 Å². The number of aromatic hydroxyl groups is 1. The molecule has 0 aliphatic heterocycles. The Bertz CT molecular complexity index is 483. The van der Waals surface area contributed by atoms with Gasteiger partial charge in [-0.25, -0.2) is 0 Å². The molecule has 2 rings (SSSR count). The van der Waals surface area contributed by atoms with Crippen molar-refractivity contribution < 1.29 is 19.4 Å². The third-order valence-corrected chi connectivity index (χ3v) is 4.79. The summed E-state index contributed by atoms with van der Waals surface area (Å²) in [5, 5.41) is 10.1. The molecule has 1 fully saturated rings. The van der Waals surface area contributed by atoms with Crippen molar-refractivity contribution in [2.45, 2.75) is 23.2 Å². The topological polar surface area (TPSA) is 55.8 Å². The third kappa shape index (κ3) is 3.13. The zero-order valence-electron chi connectivity index (χ0n) is 11.0. The van der Waals surface area contributed by atoms with Gasteiger partial charge in [-0.15, -0.1) is 0 Å². The molecule has 1 aliphatic carbocycles. The Morgan fingerprint density at radius 3 is 2.63 bits per heavy atom. The van der Waals surface area contributed by atoms with E-state index in [0.29, 0.717) is 27.6 Å². The minimum absolute atomic E-state index is 0.0512. The van der Waals surface area contributed by atoms with Gasteiger partial charge >= 0.3 is 0 Å². The number of ether oxygens (including phenoxy) is 2. The number of benzene rings is 1. The van der Waals surface area contributed by atoms with Gasteiger partial charge in [-0.1, -0.05) is 22.6 Å². The van der Waals surface area contributed by atoms with Crippen molar-refractivity contribution in [2.75, 3.05) is 14.2 Å². The standard InChI is InChI=1S/C14H17IO4/c1-18-12-6-5-9(13(17)14(12)19-2)11(16)7-10(15)8-3-4-8/h5-6,8,10,17H,3-4,7H2,1-2H3. The summed E-state index contributed by atoms with van der Waals surface area (Å²) >= 11 is 2.32. The molecule has 0 spiro atoms. The summed E-state index contributed by atoms with van der Waals surface area (Å²) < 4.78 is 10.5. The van der Waals surface area contributed by atoms with Crippen molar-refractivity contribution in [3.05, 3.63) is 17.7 Å². The first kappa shape index (κ1) is 14.4. The molecule has 0 heterocycles. The normalized spacial score (nSPS) is 15.9. The molecule has 1 aromatic rings. The highest BCUT2D eigenvalue weighted by molar-refractivity contribution is 14.1. The monoisotopic (exact) mass is 376 g/mol. The number of phenolic OH excluding ortho intramolecular Hbond substituents is 1. The molecule has 0 radical (unpaired) electrons.